The summed E-state index contributed by atoms with van der Waals surface area (Å²) in [6.45, 7) is 0.792. The molecular formula is C19H18ClN3O. The van der Waals surface area contributed by atoms with E-state index in [9.17, 15) is 4.79 Å². The molecule has 24 heavy (non-hydrogen) atoms. The monoisotopic (exact) mass is 339 g/mol. The number of pyridine rings is 1. The zero-order chi connectivity index (χ0) is 16.8. The molecule has 3 rings (SSSR count). The minimum Gasteiger partial charge on any atom is -0.374 e. The Hall–Kier alpha value is -2.59. The van der Waals surface area contributed by atoms with E-state index >= 15 is 0 Å². The number of hydrogen-bond acceptors (Lipinski definition) is 3. The average molecular weight is 340 g/mol. The molecule has 3 aromatic rings. The van der Waals surface area contributed by atoms with E-state index in [4.69, 9.17) is 11.6 Å². The summed E-state index contributed by atoms with van der Waals surface area (Å²) in [6, 6.07) is 17.4. The summed E-state index contributed by atoms with van der Waals surface area (Å²) in [5, 5.41) is 7.81. The summed E-state index contributed by atoms with van der Waals surface area (Å²) in [7, 11) is 0. The van der Waals surface area contributed by atoms with E-state index in [-0.39, 0.29) is 12.5 Å². The minimum atomic E-state index is -0.0510. The summed E-state index contributed by atoms with van der Waals surface area (Å²) in [4.78, 5) is 16.4. The van der Waals surface area contributed by atoms with Gasteiger partial charge in [0, 0.05) is 23.2 Å². The fourth-order valence-electron chi connectivity index (χ4n) is 2.52. The standard InChI is InChI=1S/C19H18ClN3O/c20-16-7-1-4-14(12-16)9-11-21-18(24)13-23-17-8-2-5-15-6-3-10-22-19(15)17/h1-8,10,12,23H,9,11,13H2,(H,21,24). The van der Waals surface area contributed by atoms with E-state index in [1.54, 1.807) is 6.20 Å². The first-order valence-electron chi connectivity index (χ1n) is 7.81. The van der Waals surface area contributed by atoms with Crippen molar-refractivity contribution < 1.29 is 4.79 Å². The lowest BCUT2D eigenvalue weighted by Crippen LogP contribution is -2.31. The van der Waals surface area contributed by atoms with Gasteiger partial charge in [0.15, 0.2) is 0 Å². The molecule has 122 valence electrons. The highest BCUT2D eigenvalue weighted by molar-refractivity contribution is 6.30. The number of nitrogens with one attached hydrogen (secondary N) is 2. The number of anilines is 1. The van der Waals surface area contributed by atoms with Crippen LogP contribution in [-0.2, 0) is 11.2 Å². The number of amides is 1. The fourth-order valence-corrected chi connectivity index (χ4v) is 2.74. The van der Waals surface area contributed by atoms with Crippen molar-refractivity contribution in [1.82, 2.24) is 10.3 Å². The number of aromatic nitrogens is 1. The zero-order valence-electron chi connectivity index (χ0n) is 13.1. The minimum absolute atomic E-state index is 0.0510. The van der Waals surface area contributed by atoms with Crippen molar-refractivity contribution in [3.05, 3.63) is 71.4 Å². The number of halogens is 1. The van der Waals surface area contributed by atoms with Crippen molar-refractivity contribution in [1.29, 1.82) is 0 Å². The van der Waals surface area contributed by atoms with Crippen LogP contribution >= 0.6 is 11.6 Å². The van der Waals surface area contributed by atoms with Gasteiger partial charge in [-0.15, -0.1) is 0 Å². The lowest BCUT2D eigenvalue weighted by Gasteiger charge is -2.10. The molecular weight excluding hydrogens is 322 g/mol. The number of fused-ring (bicyclic) bond motifs is 1. The van der Waals surface area contributed by atoms with Crippen LogP contribution in [0.25, 0.3) is 10.9 Å². The largest absolute Gasteiger partial charge is 0.374 e. The van der Waals surface area contributed by atoms with Gasteiger partial charge in [-0.05, 0) is 36.2 Å². The van der Waals surface area contributed by atoms with Crippen LogP contribution in [0.3, 0.4) is 0 Å². The first kappa shape index (κ1) is 16.3. The molecule has 1 aromatic heterocycles. The Labute approximate surface area is 145 Å². The molecule has 0 aliphatic heterocycles. The highest BCUT2D eigenvalue weighted by atomic mass is 35.5. The molecule has 0 radical (unpaired) electrons. The molecule has 0 bridgehead atoms. The number of hydrogen-bond donors (Lipinski definition) is 2. The summed E-state index contributed by atoms with van der Waals surface area (Å²) >= 11 is 5.95. The van der Waals surface area contributed by atoms with Gasteiger partial charge in [0.05, 0.1) is 17.7 Å². The second-order valence-electron chi connectivity index (χ2n) is 5.46. The molecule has 2 aromatic carbocycles. The molecule has 0 unspecified atom stereocenters. The molecule has 4 nitrogen and oxygen atoms in total. The molecule has 1 amide bonds. The highest BCUT2D eigenvalue weighted by Gasteiger charge is 2.04. The third-order valence-electron chi connectivity index (χ3n) is 3.70. The maximum atomic E-state index is 12.0. The van der Waals surface area contributed by atoms with Crippen molar-refractivity contribution in [2.45, 2.75) is 6.42 Å². The van der Waals surface area contributed by atoms with Crippen LogP contribution in [0, 0.1) is 0 Å². The van der Waals surface area contributed by atoms with Gasteiger partial charge in [-0.3, -0.25) is 9.78 Å². The van der Waals surface area contributed by atoms with E-state index in [0.717, 1.165) is 28.6 Å². The Morgan fingerprint density at radius 3 is 2.79 bits per heavy atom. The predicted molar refractivity (Wildman–Crippen MR) is 98.4 cm³/mol. The Morgan fingerprint density at radius 1 is 1.08 bits per heavy atom. The fraction of sp³-hybridized carbons (Fsp3) is 0.158. The number of para-hydroxylation sites is 1. The Kier molecular flexibility index (Phi) is 5.29. The smallest absolute Gasteiger partial charge is 0.239 e. The molecule has 0 saturated heterocycles. The number of rotatable bonds is 6. The van der Waals surface area contributed by atoms with Gasteiger partial charge in [0.1, 0.15) is 0 Å². The van der Waals surface area contributed by atoms with Crippen LogP contribution in [0.5, 0.6) is 0 Å². The van der Waals surface area contributed by atoms with Gasteiger partial charge in [-0.25, -0.2) is 0 Å². The van der Waals surface area contributed by atoms with Gasteiger partial charge in [-0.1, -0.05) is 41.9 Å². The second-order valence-corrected chi connectivity index (χ2v) is 5.90. The van der Waals surface area contributed by atoms with Crippen LogP contribution in [0.2, 0.25) is 5.02 Å². The van der Waals surface area contributed by atoms with Crippen LogP contribution < -0.4 is 10.6 Å². The first-order valence-corrected chi connectivity index (χ1v) is 8.19. The molecule has 5 heteroatoms. The Balaban J connectivity index is 1.50. The average Bonchev–Trinajstić information content (AvgIpc) is 2.60. The maximum Gasteiger partial charge on any atom is 0.239 e. The SMILES string of the molecule is O=C(CNc1cccc2cccnc12)NCCc1cccc(Cl)c1. The van der Waals surface area contributed by atoms with Gasteiger partial charge >= 0.3 is 0 Å². The highest BCUT2D eigenvalue weighted by Crippen LogP contribution is 2.20. The first-order chi connectivity index (χ1) is 11.7. The van der Waals surface area contributed by atoms with Crippen molar-refractivity contribution in [3.63, 3.8) is 0 Å². The number of carbonyl (C=O) groups is 1. The van der Waals surface area contributed by atoms with E-state index in [1.165, 1.54) is 0 Å². The maximum absolute atomic E-state index is 12.0. The van der Waals surface area contributed by atoms with E-state index in [0.29, 0.717) is 11.6 Å². The molecule has 2 N–H and O–H groups in total. The molecule has 0 saturated carbocycles. The number of carbonyl (C=O) groups excluding carboxylic acids is 1. The molecule has 1 heterocycles. The van der Waals surface area contributed by atoms with Crippen molar-refractivity contribution in [3.8, 4) is 0 Å². The summed E-state index contributed by atoms with van der Waals surface area (Å²) in [5.74, 6) is -0.0510. The van der Waals surface area contributed by atoms with Crippen molar-refractivity contribution >= 4 is 34.1 Å². The van der Waals surface area contributed by atoms with Gasteiger partial charge in [0.2, 0.25) is 5.91 Å². The number of nitrogens with zero attached hydrogens (tertiary/aromatic N) is 1. The van der Waals surface area contributed by atoms with Crippen molar-refractivity contribution in [2.75, 3.05) is 18.4 Å². The lowest BCUT2D eigenvalue weighted by molar-refractivity contribution is -0.119. The normalized spacial score (nSPS) is 10.5. The van der Waals surface area contributed by atoms with E-state index in [2.05, 4.69) is 15.6 Å². The van der Waals surface area contributed by atoms with E-state index in [1.807, 2.05) is 54.6 Å². The molecule has 0 aliphatic carbocycles. The van der Waals surface area contributed by atoms with Crippen LogP contribution in [0.1, 0.15) is 5.56 Å². The molecule has 0 aliphatic rings. The van der Waals surface area contributed by atoms with Gasteiger partial charge in [0.25, 0.3) is 0 Å². The third-order valence-corrected chi connectivity index (χ3v) is 3.93. The topological polar surface area (TPSA) is 54.0 Å². The summed E-state index contributed by atoms with van der Waals surface area (Å²) in [6.07, 6.45) is 2.50. The third kappa shape index (κ3) is 4.24. The van der Waals surface area contributed by atoms with Crippen LogP contribution in [0.4, 0.5) is 5.69 Å². The quantitative estimate of drug-likeness (QED) is 0.720. The van der Waals surface area contributed by atoms with E-state index < -0.39 is 0 Å². The van der Waals surface area contributed by atoms with Gasteiger partial charge in [-0.2, -0.15) is 0 Å². The molecule has 0 spiro atoms. The van der Waals surface area contributed by atoms with Gasteiger partial charge < -0.3 is 10.6 Å². The second kappa shape index (κ2) is 7.79. The summed E-state index contributed by atoms with van der Waals surface area (Å²) < 4.78 is 0. The zero-order valence-corrected chi connectivity index (χ0v) is 13.9. The summed E-state index contributed by atoms with van der Waals surface area (Å²) in [5.41, 5.74) is 2.83. The Bertz CT molecular complexity index is 845. The number of benzene rings is 2. The predicted octanol–water partition coefficient (Wildman–Crippen LogP) is 3.66. The van der Waals surface area contributed by atoms with Crippen molar-refractivity contribution in [2.24, 2.45) is 0 Å². The molecule has 0 atom stereocenters. The van der Waals surface area contributed by atoms with Crippen LogP contribution in [-0.4, -0.2) is 24.0 Å². The lowest BCUT2D eigenvalue weighted by atomic mass is 10.1. The molecule has 0 fully saturated rings. The Morgan fingerprint density at radius 2 is 1.92 bits per heavy atom. The van der Waals surface area contributed by atoms with Crippen LogP contribution in [0.15, 0.2) is 60.8 Å².